The third-order valence-corrected chi connectivity index (χ3v) is 3.09. The van der Waals surface area contributed by atoms with Crippen molar-refractivity contribution in [3.63, 3.8) is 0 Å². The highest BCUT2D eigenvalue weighted by Gasteiger charge is 2.12. The van der Waals surface area contributed by atoms with Crippen molar-refractivity contribution < 1.29 is 0 Å². The van der Waals surface area contributed by atoms with Crippen LogP contribution in [0.3, 0.4) is 0 Å². The lowest BCUT2D eigenvalue weighted by Gasteiger charge is -2.23. The third kappa shape index (κ3) is 2.31. The zero-order chi connectivity index (χ0) is 9.80. The molecule has 0 spiro atoms. The summed E-state index contributed by atoms with van der Waals surface area (Å²) in [6, 6.07) is 2.90. The van der Waals surface area contributed by atoms with Gasteiger partial charge < -0.3 is 9.88 Å². The van der Waals surface area contributed by atoms with Gasteiger partial charge in [-0.3, -0.25) is 0 Å². The molecule has 0 saturated heterocycles. The van der Waals surface area contributed by atoms with Gasteiger partial charge in [-0.05, 0) is 25.8 Å². The molecule has 1 aromatic rings. The van der Waals surface area contributed by atoms with Gasteiger partial charge >= 0.3 is 0 Å². The number of nitrogens with zero attached hydrogens (tertiary/aromatic N) is 1. The molecular formula is C12H20N2. The summed E-state index contributed by atoms with van der Waals surface area (Å²) in [5.74, 6) is 0. The smallest absolute Gasteiger partial charge is 0.0522 e. The van der Waals surface area contributed by atoms with Crippen LogP contribution in [0.15, 0.2) is 18.5 Å². The second-order valence-corrected chi connectivity index (χ2v) is 4.21. The van der Waals surface area contributed by atoms with Gasteiger partial charge in [0.1, 0.15) is 0 Å². The topological polar surface area (TPSA) is 17.0 Å². The van der Waals surface area contributed by atoms with E-state index in [1.165, 1.54) is 37.8 Å². The van der Waals surface area contributed by atoms with Crippen LogP contribution >= 0.6 is 0 Å². The first-order valence-corrected chi connectivity index (χ1v) is 5.81. The molecule has 0 aliphatic heterocycles. The van der Waals surface area contributed by atoms with E-state index in [2.05, 4.69) is 35.3 Å². The monoisotopic (exact) mass is 192 g/mol. The third-order valence-electron chi connectivity index (χ3n) is 3.09. The van der Waals surface area contributed by atoms with Gasteiger partial charge in [0.25, 0.3) is 0 Å². The molecule has 2 rings (SSSR count). The molecule has 14 heavy (non-hydrogen) atoms. The minimum absolute atomic E-state index is 0.719. The average Bonchev–Trinajstić information content (AvgIpc) is 2.67. The Morgan fingerprint density at radius 1 is 1.36 bits per heavy atom. The van der Waals surface area contributed by atoms with Crippen molar-refractivity contribution in [3.05, 3.63) is 18.5 Å². The second-order valence-electron chi connectivity index (χ2n) is 4.21. The van der Waals surface area contributed by atoms with Gasteiger partial charge in [-0.2, -0.15) is 0 Å². The quantitative estimate of drug-likeness (QED) is 0.778. The first-order chi connectivity index (χ1) is 6.88. The van der Waals surface area contributed by atoms with Crippen molar-refractivity contribution in [3.8, 4) is 0 Å². The van der Waals surface area contributed by atoms with E-state index in [4.69, 9.17) is 0 Å². The predicted molar refractivity (Wildman–Crippen MR) is 60.6 cm³/mol. The van der Waals surface area contributed by atoms with Gasteiger partial charge in [-0.1, -0.05) is 19.3 Å². The molecule has 0 bridgehead atoms. The number of hydrogen-bond donors (Lipinski definition) is 1. The van der Waals surface area contributed by atoms with Gasteiger partial charge in [0.05, 0.1) is 5.69 Å². The maximum Gasteiger partial charge on any atom is 0.0522 e. The Hall–Kier alpha value is -0.920. The summed E-state index contributed by atoms with van der Waals surface area (Å²) < 4.78 is 2.21. The molecule has 0 atom stereocenters. The molecular weight excluding hydrogens is 172 g/mol. The molecule has 0 amide bonds. The molecule has 0 radical (unpaired) electrons. The maximum absolute atomic E-state index is 3.61. The SMILES string of the molecule is CCn1ccc(NC2CCCCC2)c1. The van der Waals surface area contributed by atoms with Crippen LogP contribution in [0, 0.1) is 0 Å². The van der Waals surface area contributed by atoms with Gasteiger partial charge in [-0.15, -0.1) is 0 Å². The molecule has 1 aliphatic carbocycles. The van der Waals surface area contributed by atoms with Crippen LogP contribution in [-0.2, 0) is 6.54 Å². The standard InChI is InChI=1S/C12H20N2/c1-2-14-9-8-12(10-14)13-11-6-4-3-5-7-11/h8-11,13H,2-7H2,1H3. The zero-order valence-corrected chi connectivity index (χ0v) is 9.00. The molecule has 0 unspecified atom stereocenters. The van der Waals surface area contributed by atoms with E-state index in [9.17, 15) is 0 Å². The minimum Gasteiger partial charge on any atom is -0.381 e. The Balaban J connectivity index is 1.89. The van der Waals surface area contributed by atoms with Crippen molar-refractivity contribution in [1.82, 2.24) is 4.57 Å². The summed E-state index contributed by atoms with van der Waals surface area (Å²) >= 11 is 0. The molecule has 1 fully saturated rings. The predicted octanol–water partition coefficient (Wildman–Crippen LogP) is 3.25. The molecule has 1 aliphatic rings. The molecule has 78 valence electrons. The fourth-order valence-corrected chi connectivity index (χ4v) is 2.21. The Kier molecular flexibility index (Phi) is 3.12. The van der Waals surface area contributed by atoms with Crippen LogP contribution in [0.25, 0.3) is 0 Å². The van der Waals surface area contributed by atoms with Crippen LogP contribution in [0.1, 0.15) is 39.0 Å². The Labute approximate surface area is 86.3 Å². The normalized spacial score (nSPS) is 18.4. The van der Waals surface area contributed by atoms with Crippen LogP contribution in [0.4, 0.5) is 5.69 Å². The average molecular weight is 192 g/mol. The highest BCUT2D eigenvalue weighted by molar-refractivity contribution is 5.42. The summed E-state index contributed by atoms with van der Waals surface area (Å²) in [5, 5.41) is 3.61. The molecule has 0 aromatic carbocycles. The molecule has 2 heteroatoms. The Morgan fingerprint density at radius 2 is 2.14 bits per heavy atom. The zero-order valence-electron chi connectivity index (χ0n) is 9.00. The van der Waals surface area contributed by atoms with Crippen molar-refractivity contribution in [2.24, 2.45) is 0 Å². The van der Waals surface area contributed by atoms with E-state index in [1.54, 1.807) is 0 Å². The molecule has 1 saturated carbocycles. The number of nitrogens with one attached hydrogen (secondary N) is 1. The Morgan fingerprint density at radius 3 is 2.79 bits per heavy atom. The van der Waals surface area contributed by atoms with E-state index in [-0.39, 0.29) is 0 Å². The highest BCUT2D eigenvalue weighted by atomic mass is 15.0. The molecule has 1 heterocycles. The van der Waals surface area contributed by atoms with Crippen molar-refractivity contribution in [2.45, 2.75) is 51.6 Å². The molecule has 1 N–H and O–H groups in total. The summed E-state index contributed by atoms with van der Waals surface area (Å²) in [7, 11) is 0. The van der Waals surface area contributed by atoms with Gasteiger partial charge in [0.2, 0.25) is 0 Å². The summed E-state index contributed by atoms with van der Waals surface area (Å²) in [6.07, 6.45) is 11.3. The van der Waals surface area contributed by atoms with Crippen LogP contribution in [-0.4, -0.2) is 10.6 Å². The van der Waals surface area contributed by atoms with E-state index >= 15 is 0 Å². The van der Waals surface area contributed by atoms with E-state index in [0.717, 1.165) is 12.6 Å². The van der Waals surface area contributed by atoms with Crippen molar-refractivity contribution >= 4 is 5.69 Å². The van der Waals surface area contributed by atoms with Crippen LogP contribution in [0.2, 0.25) is 0 Å². The van der Waals surface area contributed by atoms with Crippen LogP contribution in [0.5, 0.6) is 0 Å². The van der Waals surface area contributed by atoms with Gasteiger partial charge in [0, 0.05) is 25.0 Å². The fraction of sp³-hybridized carbons (Fsp3) is 0.667. The Bertz CT molecular complexity index is 272. The first kappa shape index (κ1) is 9.63. The first-order valence-electron chi connectivity index (χ1n) is 5.81. The number of aryl methyl sites for hydroxylation is 1. The lowest BCUT2D eigenvalue weighted by Crippen LogP contribution is -2.21. The van der Waals surface area contributed by atoms with E-state index in [0.29, 0.717) is 0 Å². The van der Waals surface area contributed by atoms with E-state index in [1.807, 2.05) is 0 Å². The summed E-state index contributed by atoms with van der Waals surface area (Å²) in [6.45, 7) is 3.23. The maximum atomic E-state index is 3.61. The minimum atomic E-state index is 0.719. The lowest BCUT2D eigenvalue weighted by atomic mass is 9.95. The van der Waals surface area contributed by atoms with Crippen molar-refractivity contribution in [1.29, 1.82) is 0 Å². The lowest BCUT2D eigenvalue weighted by molar-refractivity contribution is 0.462. The number of anilines is 1. The number of hydrogen-bond acceptors (Lipinski definition) is 1. The van der Waals surface area contributed by atoms with E-state index < -0.39 is 0 Å². The summed E-state index contributed by atoms with van der Waals surface area (Å²) in [4.78, 5) is 0. The number of aromatic nitrogens is 1. The van der Waals surface area contributed by atoms with Crippen LogP contribution < -0.4 is 5.32 Å². The molecule has 2 nitrogen and oxygen atoms in total. The van der Waals surface area contributed by atoms with Gasteiger partial charge in [0.15, 0.2) is 0 Å². The van der Waals surface area contributed by atoms with Gasteiger partial charge in [-0.25, -0.2) is 0 Å². The largest absolute Gasteiger partial charge is 0.381 e. The van der Waals surface area contributed by atoms with Crippen molar-refractivity contribution in [2.75, 3.05) is 5.32 Å². The number of rotatable bonds is 3. The highest BCUT2D eigenvalue weighted by Crippen LogP contribution is 2.21. The summed E-state index contributed by atoms with van der Waals surface area (Å²) in [5.41, 5.74) is 1.29. The second kappa shape index (κ2) is 4.54. The fourth-order valence-electron chi connectivity index (χ4n) is 2.21. The molecule has 1 aromatic heterocycles.